The molecule has 0 spiro atoms. The lowest BCUT2D eigenvalue weighted by Crippen LogP contribution is -2.55. The molecule has 0 heterocycles. The molecule has 5 heteroatoms. The molecule has 18 heavy (non-hydrogen) atoms. The highest BCUT2D eigenvalue weighted by Crippen LogP contribution is 2.38. The van der Waals surface area contributed by atoms with Crippen LogP contribution in [0.4, 0.5) is 0 Å². The first kappa shape index (κ1) is 15.0. The van der Waals surface area contributed by atoms with Crippen molar-refractivity contribution in [1.29, 1.82) is 0 Å². The molecule has 0 aromatic carbocycles. The van der Waals surface area contributed by atoms with Gasteiger partial charge in [0.15, 0.2) is 0 Å². The highest BCUT2D eigenvalue weighted by atomic mass is 16.2. The Morgan fingerprint density at radius 3 is 2.44 bits per heavy atom. The summed E-state index contributed by atoms with van der Waals surface area (Å²) in [6.45, 7) is 6.52. The molecule has 0 aromatic heterocycles. The van der Waals surface area contributed by atoms with E-state index in [4.69, 9.17) is 5.73 Å². The van der Waals surface area contributed by atoms with Gasteiger partial charge in [0.1, 0.15) is 0 Å². The average molecular weight is 255 g/mol. The van der Waals surface area contributed by atoms with Gasteiger partial charge in [0.25, 0.3) is 0 Å². The van der Waals surface area contributed by atoms with Crippen molar-refractivity contribution >= 4 is 11.8 Å². The molecule has 1 aliphatic carbocycles. The van der Waals surface area contributed by atoms with Crippen LogP contribution < -0.4 is 11.1 Å². The van der Waals surface area contributed by atoms with E-state index in [1.54, 1.807) is 14.0 Å². The molecule has 0 bridgehead atoms. The summed E-state index contributed by atoms with van der Waals surface area (Å²) >= 11 is 0. The third-order valence-corrected chi connectivity index (χ3v) is 3.32. The Morgan fingerprint density at radius 2 is 2.00 bits per heavy atom. The lowest BCUT2D eigenvalue weighted by atomic mass is 9.95. The quantitative estimate of drug-likeness (QED) is 0.719. The Morgan fingerprint density at radius 1 is 1.44 bits per heavy atom. The van der Waals surface area contributed by atoms with E-state index in [-0.39, 0.29) is 24.3 Å². The smallest absolute Gasteiger partial charge is 0.242 e. The maximum atomic E-state index is 12.1. The first-order valence-corrected chi connectivity index (χ1v) is 6.56. The fourth-order valence-electron chi connectivity index (χ4n) is 1.93. The summed E-state index contributed by atoms with van der Waals surface area (Å²) in [6, 6.07) is 0. The number of nitrogens with two attached hydrogens (primary N) is 1. The van der Waals surface area contributed by atoms with Crippen molar-refractivity contribution in [2.45, 2.75) is 39.2 Å². The lowest BCUT2D eigenvalue weighted by molar-refractivity contribution is -0.139. The standard InChI is InChI=1S/C13H25N3O2/c1-9(2)7-15-11(17)8-16(4)12(18)13(3,14)10-5-6-10/h9-10H,5-8,14H2,1-4H3,(H,15,17). The molecule has 2 amide bonds. The molecular weight excluding hydrogens is 230 g/mol. The number of amides is 2. The molecule has 1 rings (SSSR count). The van der Waals surface area contributed by atoms with Crippen LogP contribution in [0, 0.1) is 11.8 Å². The average Bonchev–Trinajstić information content (AvgIpc) is 3.08. The Kier molecular flexibility index (Phi) is 4.73. The maximum Gasteiger partial charge on any atom is 0.242 e. The first-order valence-electron chi connectivity index (χ1n) is 6.56. The van der Waals surface area contributed by atoms with Gasteiger partial charge < -0.3 is 16.0 Å². The third-order valence-electron chi connectivity index (χ3n) is 3.32. The van der Waals surface area contributed by atoms with E-state index in [0.29, 0.717) is 12.5 Å². The number of hydrogen-bond acceptors (Lipinski definition) is 3. The molecule has 0 radical (unpaired) electrons. The largest absolute Gasteiger partial charge is 0.354 e. The Balaban J connectivity index is 2.42. The monoisotopic (exact) mass is 255 g/mol. The topological polar surface area (TPSA) is 75.4 Å². The van der Waals surface area contributed by atoms with Gasteiger partial charge in [-0.1, -0.05) is 13.8 Å². The summed E-state index contributed by atoms with van der Waals surface area (Å²) in [5.41, 5.74) is 5.22. The van der Waals surface area contributed by atoms with Crippen LogP contribution in [0.1, 0.15) is 33.6 Å². The summed E-state index contributed by atoms with van der Waals surface area (Å²) in [6.07, 6.45) is 2.01. The Bertz CT molecular complexity index is 322. The number of nitrogens with one attached hydrogen (secondary N) is 1. The normalized spacial score (nSPS) is 18.3. The molecule has 0 aliphatic heterocycles. The predicted molar refractivity (Wildman–Crippen MR) is 70.8 cm³/mol. The van der Waals surface area contributed by atoms with E-state index in [0.717, 1.165) is 12.8 Å². The zero-order chi connectivity index (χ0) is 13.9. The van der Waals surface area contributed by atoms with Crippen LogP contribution in [0.25, 0.3) is 0 Å². The van der Waals surface area contributed by atoms with E-state index < -0.39 is 5.54 Å². The number of carbonyl (C=O) groups excluding carboxylic acids is 2. The van der Waals surface area contributed by atoms with Gasteiger partial charge in [0.2, 0.25) is 11.8 Å². The van der Waals surface area contributed by atoms with E-state index in [2.05, 4.69) is 5.32 Å². The number of nitrogens with zero attached hydrogens (tertiary/aromatic N) is 1. The fraction of sp³-hybridized carbons (Fsp3) is 0.846. The second-order valence-corrected chi connectivity index (χ2v) is 5.92. The van der Waals surface area contributed by atoms with Gasteiger partial charge in [-0.2, -0.15) is 0 Å². The highest BCUT2D eigenvalue weighted by Gasteiger charge is 2.45. The van der Waals surface area contributed by atoms with Crippen LogP contribution in [-0.2, 0) is 9.59 Å². The van der Waals surface area contributed by atoms with Crippen molar-refractivity contribution in [3.05, 3.63) is 0 Å². The van der Waals surface area contributed by atoms with Crippen molar-refractivity contribution in [2.75, 3.05) is 20.1 Å². The van der Waals surface area contributed by atoms with E-state index >= 15 is 0 Å². The van der Waals surface area contributed by atoms with Gasteiger partial charge in [0, 0.05) is 13.6 Å². The van der Waals surface area contributed by atoms with Crippen molar-refractivity contribution in [3.8, 4) is 0 Å². The second kappa shape index (κ2) is 5.69. The minimum Gasteiger partial charge on any atom is -0.354 e. The Hall–Kier alpha value is -1.10. The predicted octanol–water partition coefficient (Wildman–Crippen LogP) is 0.344. The molecule has 0 saturated heterocycles. The molecule has 5 nitrogen and oxygen atoms in total. The van der Waals surface area contributed by atoms with Crippen LogP contribution in [-0.4, -0.2) is 42.4 Å². The van der Waals surface area contributed by atoms with Crippen LogP contribution in [0.3, 0.4) is 0 Å². The third kappa shape index (κ3) is 3.98. The fourth-order valence-corrected chi connectivity index (χ4v) is 1.93. The summed E-state index contributed by atoms with van der Waals surface area (Å²) in [4.78, 5) is 25.2. The molecule has 1 unspecified atom stereocenters. The molecular formula is C13H25N3O2. The number of rotatable bonds is 6. The zero-order valence-electron chi connectivity index (χ0n) is 11.8. The van der Waals surface area contributed by atoms with Gasteiger partial charge >= 0.3 is 0 Å². The van der Waals surface area contributed by atoms with Gasteiger partial charge in [-0.15, -0.1) is 0 Å². The molecule has 1 saturated carbocycles. The van der Waals surface area contributed by atoms with Crippen LogP contribution in [0.5, 0.6) is 0 Å². The van der Waals surface area contributed by atoms with Crippen LogP contribution in [0.15, 0.2) is 0 Å². The van der Waals surface area contributed by atoms with Gasteiger partial charge in [-0.05, 0) is 31.6 Å². The van der Waals surface area contributed by atoms with Gasteiger partial charge in [-0.3, -0.25) is 9.59 Å². The molecule has 1 aliphatic rings. The molecule has 3 N–H and O–H groups in total. The molecule has 1 fully saturated rings. The van der Waals surface area contributed by atoms with Crippen molar-refractivity contribution in [1.82, 2.24) is 10.2 Å². The SMILES string of the molecule is CC(C)CNC(=O)CN(C)C(=O)C(C)(N)C1CC1. The van der Waals surface area contributed by atoms with E-state index in [1.165, 1.54) is 4.90 Å². The minimum absolute atomic E-state index is 0.0745. The zero-order valence-corrected chi connectivity index (χ0v) is 11.8. The Labute approximate surface area is 109 Å². The van der Waals surface area contributed by atoms with Gasteiger partial charge in [-0.25, -0.2) is 0 Å². The van der Waals surface area contributed by atoms with Crippen LogP contribution in [0.2, 0.25) is 0 Å². The number of likely N-dealkylation sites (N-methyl/N-ethyl adjacent to an activating group) is 1. The van der Waals surface area contributed by atoms with Crippen molar-refractivity contribution < 1.29 is 9.59 Å². The summed E-state index contributed by atoms with van der Waals surface area (Å²) in [5, 5.41) is 2.79. The van der Waals surface area contributed by atoms with E-state index in [1.807, 2.05) is 13.8 Å². The van der Waals surface area contributed by atoms with Crippen LogP contribution >= 0.6 is 0 Å². The number of hydrogen-bond donors (Lipinski definition) is 2. The summed E-state index contributed by atoms with van der Waals surface area (Å²) in [5.74, 6) is 0.392. The highest BCUT2D eigenvalue weighted by molar-refractivity contribution is 5.90. The molecule has 1 atom stereocenters. The summed E-state index contributed by atoms with van der Waals surface area (Å²) in [7, 11) is 1.63. The van der Waals surface area contributed by atoms with Crippen molar-refractivity contribution in [2.24, 2.45) is 17.6 Å². The first-order chi connectivity index (χ1) is 8.25. The maximum absolute atomic E-state index is 12.1. The van der Waals surface area contributed by atoms with Crippen molar-refractivity contribution in [3.63, 3.8) is 0 Å². The second-order valence-electron chi connectivity index (χ2n) is 5.92. The summed E-state index contributed by atoms with van der Waals surface area (Å²) < 4.78 is 0. The number of carbonyl (C=O) groups is 2. The van der Waals surface area contributed by atoms with Gasteiger partial charge in [0.05, 0.1) is 12.1 Å². The molecule has 0 aromatic rings. The molecule has 104 valence electrons. The van der Waals surface area contributed by atoms with E-state index in [9.17, 15) is 9.59 Å². The lowest BCUT2D eigenvalue weighted by Gasteiger charge is -2.29. The minimum atomic E-state index is -0.826.